The van der Waals surface area contributed by atoms with Gasteiger partial charge in [0.05, 0.1) is 11.4 Å². The van der Waals surface area contributed by atoms with Gasteiger partial charge in [0, 0.05) is 32.6 Å². The van der Waals surface area contributed by atoms with Crippen molar-refractivity contribution in [1.29, 1.82) is 0 Å². The van der Waals surface area contributed by atoms with Crippen molar-refractivity contribution in [2.75, 3.05) is 0 Å². The molecule has 29 heavy (non-hydrogen) atoms. The van der Waals surface area contributed by atoms with Crippen LogP contribution in [-0.4, -0.2) is 26.1 Å². The SMILES string of the molecule is Cc1nc(-c2ccc3c(n2)[C@@H](C[Si](C)(C)C)[C@H]2C[C@@H]3C2(C)C)sc1C[Si](C)(C)C. The fourth-order valence-corrected chi connectivity index (χ4v) is 11.1. The summed E-state index contributed by atoms with van der Waals surface area (Å²) in [7, 11) is -2.31. The lowest BCUT2D eigenvalue weighted by atomic mass is 9.45. The lowest BCUT2D eigenvalue weighted by Gasteiger charge is -2.60. The van der Waals surface area contributed by atoms with E-state index in [1.165, 1.54) is 34.8 Å². The third kappa shape index (κ3) is 3.95. The van der Waals surface area contributed by atoms with Crippen molar-refractivity contribution in [3.8, 4) is 10.7 Å². The zero-order valence-corrected chi connectivity index (χ0v) is 22.6. The van der Waals surface area contributed by atoms with Gasteiger partial charge in [0.1, 0.15) is 5.01 Å². The number of aromatic nitrogens is 2. The summed E-state index contributed by atoms with van der Waals surface area (Å²) in [6.07, 6.45) is 1.37. The summed E-state index contributed by atoms with van der Waals surface area (Å²) in [6.45, 7) is 22.0. The van der Waals surface area contributed by atoms with Crippen molar-refractivity contribution in [2.45, 2.75) is 90.4 Å². The third-order valence-electron chi connectivity index (χ3n) is 7.15. The van der Waals surface area contributed by atoms with Crippen molar-refractivity contribution in [3.05, 3.63) is 34.0 Å². The molecule has 0 amide bonds. The van der Waals surface area contributed by atoms with Gasteiger partial charge in [-0.05, 0) is 54.3 Å². The van der Waals surface area contributed by atoms with Crippen LogP contribution in [0.3, 0.4) is 0 Å². The second kappa shape index (κ2) is 6.86. The summed E-state index contributed by atoms with van der Waals surface area (Å²) >= 11 is 1.89. The number of rotatable bonds is 5. The zero-order chi connectivity index (χ0) is 21.4. The number of hydrogen-bond donors (Lipinski definition) is 0. The molecule has 2 bridgehead atoms. The molecule has 1 saturated carbocycles. The number of thiazole rings is 1. The standard InChI is InChI=1S/C24H38N2SSi2/c1-15-21(14-29(7,8)9)27-23(25-15)20-11-10-16-18-12-19(24(18,2)3)17(22(16)26-20)13-28(4,5)6/h10-11,17-19H,12-14H2,1-9H3/t17-,18-,19+/m0/s1. The maximum absolute atomic E-state index is 5.33. The van der Waals surface area contributed by atoms with E-state index in [4.69, 9.17) is 9.97 Å². The molecule has 0 N–H and O–H groups in total. The quantitative estimate of drug-likeness (QED) is 0.448. The molecule has 158 valence electrons. The first-order valence-corrected chi connectivity index (χ1v) is 19.5. The topological polar surface area (TPSA) is 25.8 Å². The highest BCUT2D eigenvalue weighted by molar-refractivity contribution is 7.15. The van der Waals surface area contributed by atoms with Crippen LogP contribution < -0.4 is 0 Å². The third-order valence-corrected chi connectivity index (χ3v) is 11.7. The average molecular weight is 443 g/mol. The molecule has 0 spiro atoms. The first kappa shape index (κ1) is 21.4. The predicted molar refractivity (Wildman–Crippen MR) is 133 cm³/mol. The Balaban J connectivity index is 1.74. The monoisotopic (exact) mass is 442 g/mol. The first-order chi connectivity index (χ1) is 13.3. The van der Waals surface area contributed by atoms with Crippen LogP contribution in [0.5, 0.6) is 0 Å². The average Bonchev–Trinajstić information content (AvgIpc) is 2.91. The molecular formula is C24H38N2SSi2. The van der Waals surface area contributed by atoms with Gasteiger partial charge < -0.3 is 0 Å². The van der Waals surface area contributed by atoms with Crippen LogP contribution in [0.25, 0.3) is 10.7 Å². The largest absolute Gasteiger partial charge is 0.250 e. The first-order valence-electron chi connectivity index (χ1n) is 11.2. The second-order valence-corrected chi connectivity index (χ2v) is 24.6. The van der Waals surface area contributed by atoms with Crippen LogP contribution >= 0.6 is 11.3 Å². The van der Waals surface area contributed by atoms with Gasteiger partial charge in [-0.25, -0.2) is 9.97 Å². The molecular weight excluding hydrogens is 405 g/mol. The number of nitrogens with zero attached hydrogens (tertiary/aromatic N) is 2. The Bertz CT molecular complexity index is 933. The molecule has 1 fully saturated rings. The van der Waals surface area contributed by atoms with Crippen molar-refractivity contribution >= 4 is 27.5 Å². The Morgan fingerprint density at radius 1 is 1.03 bits per heavy atom. The highest BCUT2D eigenvalue weighted by atomic mass is 32.1. The van der Waals surface area contributed by atoms with Gasteiger partial charge in [-0.2, -0.15) is 0 Å². The lowest BCUT2D eigenvalue weighted by molar-refractivity contribution is -0.00300. The maximum atomic E-state index is 5.33. The van der Waals surface area contributed by atoms with E-state index in [2.05, 4.69) is 72.2 Å². The van der Waals surface area contributed by atoms with Crippen molar-refractivity contribution in [2.24, 2.45) is 11.3 Å². The number of aryl methyl sites for hydroxylation is 1. The van der Waals surface area contributed by atoms with E-state index in [1.54, 1.807) is 5.56 Å². The Kier molecular flexibility index (Phi) is 5.07. The van der Waals surface area contributed by atoms with Crippen LogP contribution in [0.2, 0.25) is 45.3 Å². The highest BCUT2D eigenvalue weighted by Gasteiger charge is 2.57. The minimum atomic E-state index is -1.17. The number of pyridine rings is 1. The summed E-state index contributed by atoms with van der Waals surface area (Å²) < 4.78 is 0. The van der Waals surface area contributed by atoms with E-state index in [0.29, 0.717) is 17.3 Å². The van der Waals surface area contributed by atoms with Crippen molar-refractivity contribution < 1.29 is 0 Å². The van der Waals surface area contributed by atoms with Crippen LogP contribution in [-0.2, 0) is 6.04 Å². The van der Waals surface area contributed by atoms with E-state index in [9.17, 15) is 0 Å². The van der Waals surface area contributed by atoms with E-state index in [1.807, 2.05) is 11.3 Å². The predicted octanol–water partition coefficient (Wildman–Crippen LogP) is 7.50. The molecule has 5 rings (SSSR count). The maximum Gasteiger partial charge on any atom is 0.142 e. The zero-order valence-electron chi connectivity index (χ0n) is 19.8. The molecule has 2 aromatic rings. The number of hydrogen-bond acceptors (Lipinski definition) is 3. The normalized spacial score (nSPS) is 25.5. The van der Waals surface area contributed by atoms with E-state index < -0.39 is 16.1 Å². The molecule has 0 radical (unpaired) electrons. The fourth-order valence-electron chi connectivity index (χ4n) is 5.64. The summed E-state index contributed by atoms with van der Waals surface area (Å²) in [6, 6.07) is 7.24. The van der Waals surface area contributed by atoms with Crippen LogP contribution in [0.15, 0.2) is 12.1 Å². The lowest BCUT2D eigenvalue weighted by Crippen LogP contribution is -2.51. The van der Waals surface area contributed by atoms with Crippen molar-refractivity contribution in [3.63, 3.8) is 0 Å². The highest BCUT2D eigenvalue weighted by Crippen LogP contribution is 2.67. The molecule has 2 nitrogen and oxygen atoms in total. The minimum Gasteiger partial charge on any atom is -0.250 e. The molecule has 0 unspecified atom stereocenters. The van der Waals surface area contributed by atoms with Gasteiger partial charge >= 0.3 is 0 Å². The summed E-state index contributed by atoms with van der Waals surface area (Å²) in [5, 5.41) is 1.13. The van der Waals surface area contributed by atoms with Crippen LogP contribution in [0.4, 0.5) is 0 Å². The van der Waals surface area contributed by atoms with E-state index in [0.717, 1.165) is 16.6 Å². The van der Waals surface area contributed by atoms with Crippen LogP contribution in [0, 0.1) is 18.3 Å². The molecule has 0 aromatic carbocycles. The van der Waals surface area contributed by atoms with E-state index >= 15 is 0 Å². The second-order valence-electron chi connectivity index (χ2n) is 12.5. The fraction of sp³-hybridized carbons (Fsp3) is 0.667. The molecule has 2 aromatic heterocycles. The van der Waals surface area contributed by atoms with E-state index in [-0.39, 0.29) is 0 Å². The Hall–Kier alpha value is -0.786. The molecule has 5 heteroatoms. The van der Waals surface area contributed by atoms with Gasteiger partial charge in [-0.3, -0.25) is 0 Å². The summed E-state index contributed by atoms with van der Waals surface area (Å²) in [5.41, 5.74) is 5.72. The molecule has 0 saturated heterocycles. The molecule has 3 aliphatic rings. The molecule has 3 aliphatic carbocycles. The summed E-state index contributed by atoms with van der Waals surface area (Å²) in [5.74, 6) is 2.14. The van der Waals surface area contributed by atoms with Gasteiger partial charge in [-0.1, -0.05) is 59.2 Å². The van der Waals surface area contributed by atoms with Gasteiger partial charge in [0.2, 0.25) is 0 Å². The van der Waals surface area contributed by atoms with Gasteiger partial charge in [0.15, 0.2) is 0 Å². The van der Waals surface area contributed by atoms with Gasteiger partial charge in [-0.15, -0.1) is 11.3 Å². The Labute approximate surface area is 183 Å². The van der Waals surface area contributed by atoms with Gasteiger partial charge in [0.25, 0.3) is 0 Å². The molecule has 2 heterocycles. The molecule has 3 atom stereocenters. The smallest absolute Gasteiger partial charge is 0.142 e. The Morgan fingerprint density at radius 3 is 2.31 bits per heavy atom. The molecule has 0 aliphatic heterocycles. The summed E-state index contributed by atoms with van der Waals surface area (Å²) in [4.78, 5) is 11.8. The van der Waals surface area contributed by atoms with Crippen molar-refractivity contribution in [1.82, 2.24) is 9.97 Å². The minimum absolute atomic E-state index is 0.433. The Morgan fingerprint density at radius 2 is 1.72 bits per heavy atom. The van der Waals surface area contributed by atoms with Crippen LogP contribution in [0.1, 0.15) is 53.9 Å².